The molecule has 0 aromatic heterocycles. The first-order valence-corrected chi connectivity index (χ1v) is 8.51. The summed E-state index contributed by atoms with van der Waals surface area (Å²) in [6.45, 7) is 0.170. The Bertz CT molecular complexity index is 1010. The fraction of sp³-hybridized carbons (Fsp3) is 0.143. The normalized spacial score (nSPS) is 12.0. The number of hydrogen-bond acceptors (Lipinski definition) is 5. The van der Waals surface area contributed by atoms with Crippen LogP contribution in [0.2, 0.25) is 0 Å². The van der Waals surface area contributed by atoms with Gasteiger partial charge in [-0.1, -0.05) is 42.5 Å². The molecule has 6 heteroatoms. The molecule has 136 valence electrons. The van der Waals surface area contributed by atoms with E-state index in [4.69, 9.17) is 14.2 Å². The Morgan fingerprint density at radius 2 is 1.78 bits per heavy atom. The van der Waals surface area contributed by atoms with Gasteiger partial charge in [-0.05, 0) is 34.5 Å². The van der Waals surface area contributed by atoms with E-state index in [0.29, 0.717) is 23.6 Å². The van der Waals surface area contributed by atoms with E-state index in [0.717, 1.165) is 16.3 Å². The van der Waals surface area contributed by atoms with E-state index in [-0.39, 0.29) is 19.3 Å². The molecule has 0 spiro atoms. The Hall–Kier alpha value is -3.54. The van der Waals surface area contributed by atoms with Crippen LogP contribution in [0, 0.1) is 0 Å². The third kappa shape index (κ3) is 3.69. The maximum absolute atomic E-state index is 12.3. The number of amides is 1. The molecule has 3 aromatic rings. The molecule has 0 fully saturated rings. The van der Waals surface area contributed by atoms with Crippen LogP contribution in [-0.2, 0) is 16.1 Å². The largest absolute Gasteiger partial charge is 0.454 e. The number of ether oxygens (including phenoxy) is 3. The highest BCUT2D eigenvalue weighted by Crippen LogP contribution is 2.32. The summed E-state index contributed by atoms with van der Waals surface area (Å²) in [6, 6.07) is 18.4. The second-order valence-electron chi connectivity index (χ2n) is 6.07. The van der Waals surface area contributed by atoms with Crippen LogP contribution in [0.15, 0.2) is 60.7 Å². The molecule has 27 heavy (non-hydrogen) atoms. The smallest absolute Gasteiger partial charge is 0.339 e. The topological polar surface area (TPSA) is 73.9 Å². The lowest BCUT2D eigenvalue weighted by atomic mass is 10.1. The molecule has 1 amide bonds. The Labute approximate surface area is 155 Å². The van der Waals surface area contributed by atoms with Gasteiger partial charge in [0.2, 0.25) is 6.79 Å². The monoisotopic (exact) mass is 363 g/mol. The van der Waals surface area contributed by atoms with Gasteiger partial charge < -0.3 is 19.5 Å². The molecule has 0 atom stereocenters. The number of esters is 1. The molecule has 3 aromatic carbocycles. The Balaban J connectivity index is 1.33. The van der Waals surface area contributed by atoms with Gasteiger partial charge in [0.05, 0.1) is 5.56 Å². The summed E-state index contributed by atoms with van der Waals surface area (Å²) < 4.78 is 15.7. The van der Waals surface area contributed by atoms with Crippen LogP contribution in [0.4, 0.5) is 0 Å². The molecule has 0 saturated carbocycles. The summed E-state index contributed by atoms with van der Waals surface area (Å²) in [5.41, 5.74) is 1.31. The zero-order valence-electron chi connectivity index (χ0n) is 14.4. The van der Waals surface area contributed by atoms with E-state index in [1.807, 2.05) is 42.5 Å². The Kier molecular flexibility index (Phi) is 4.61. The van der Waals surface area contributed by atoms with Gasteiger partial charge in [-0.2, -0.15) is 0 Å². The maximum atomic E-state index is 12.3. The van der Waals surface area contributed by atoms with E-state index in [1.165, 1.54) is 0 Å². The lowest BCUT2D eigenvalue weighted by molar-refractivity contribution is -0.124. The summed E-state index contributed by atoms with van der Waals surface area (Å²) in [4.78, 5) is 24.3. The second-order valence-corrected chi connectivity index (χ2v) is 6.07. The van der Waals surface area contributed by atoms with Crippen molar-refractivity contribution in [3.63, 3.8) is 0 Å². The SMILES string of the molecule is O=C(COC(=O)c1cccc2ccccc12)NCc1ccc2c(c1)OCO2. The van der Waals surface area contributed by atoms with Gasteiger partial charge in [-0.15, -0.1) is 0 Å². The zero-order chi connectivity index (χ0) is 18.6. The molecule has 1 aliphatic heterocycles. The fourth-order valence-corrected chi connectivity index (χ4v) is 2.91. The molecule has 0 unspecified atom stereocenters. The van der Waals surface area contributed by atoms with Crippen LogP contribution in [-0.4, -0.2) is 25.3 Å². The van der Waals surface area contributed by atoms with E-state index < -0.39 is 5.97 Å². The number of hydrogen-bond donors (Lipinski definition) is 1. The number of benzene rings is 3. The van der Waals surface area contributed by atoms with Crippen molar-refractivity contribution < 1.29 is 23.8 Å². The van der Waals surface area contributed by atoms with Crippen LogP contribution >= 0.6 is 0 Å². The highest BCUT2D eigenvalue weighted by molar-refractivity contribution is 6.04. The second kappa shape index (κ2) is 7.37. The molecule has 4 rings (SSSR count). The summed E-state index contributed by atoms with van der Waals surface area (Å²) >= 11 is 0. The van der Waals surface area contributed by atoms with Crippen molar-refractivity contribution in [3.8, 4) is 11.5 Å². The minimum absolute atomic E-state index is 0.204. The van der Waals surface area contributed by atoms with Crippen LogP contribution in [0.3, 0.4) is 0 Å². The standard InChI is InChI=1S/C21H17NO5/c23-20(22-11-14-8-9-18-19(10-14)27-13-26-18)12-25-21(24)17-7-3-5-15-4-1-2-6-16(15)17/h1-10H,11-13H2,(H,22,23). The lowest BCUT2D eigenvalue weighted by Crippen LogP contribution is -2.28. The van der Waals surface area contributed by atoms with Crippen LogP contribution in [0.1, 0.15) is 15.9 Å². The molecule has 1 heterocycles. The van der Waals surface area contributed by atoms with E-state index in [1.54, 1.807) is 18.2 Å². The zero-order valence-corrected chi connectivity index (χ0v) is 14.4. The summed E-state index contributed by atoms with van der Waals surface area (Å²) in [5, 5.41) is 4.46. The van der Waals surface area contributed by atoms with E-state index >= 15 is 0 Å². The van der Waals surface area contributed by atoms with Gasteiger partial charge in [-0.3, -0.25) is 4.79 Å². The first-order valence-electron chi connectivity index (χ1n) is 8.51. The van der Waals surface area contributed by atoms with Crippen molar-refractivity contribution in [1.29, 1.82) is 0 Å². The Morgan fingerprint density at radius 1 is 0.963 bits per heavy atom. The van der Waals surface area contributed by atoms with Gasteiger partial charge in [0.15, 0.2) is 18.1 Å². The molecule has 1 N–H and O–H groups in total. The highest BCUT2D eigenvalue weighted by Gasteiger charge is 2.15. The summed E-state index contributed by atoms with van der Waals surface area (Å²) in [7, 11) is 0. The predicted octanol–water partition coefficient (Wildman–Crippen LogP) is 3.04. The molecule has 0 radical (unpaired) electrons. The molecule has 1 aliphatic rings. The van der Waals surface area contributed by atoms with Gasteiger partial charge in [0, 0.05) is 6.54 Å². The van der Waals surface area contributed by atoms with Crippen molar-refractivity contribution in [2.45, 2.75) is 6.54 Å². The minimum Gasteiger partial charge on any atom is -0.454 e. The van der Waals surface area contributed by atoms with Gasteiger partial charge in [0.25, 0.3) is 5.91 Å². The average Bonchev–Trinajstić information content (AvgIpc) is 3.18. The average molecular weight is 363 g/mol. The molecule has 0 bridgehead atoms. The summed E-state index contributed by atoms with van der Waals surface area (Å²) in [5.74, 6) is 0.449. The highest BCUT2D eigenvalue weighted by atomic mass is 16.7. The van der Waals surface area contributed by atoms with Crippen LogP contribution in [0.5, 0.6) is 11.5 Å². The van der Waals surface area contributed by atoms with E-state index in [2.05, 4.69) is 5.32 Å². The molecular formula is C21H17NO5. The number of nitrogens with one attached hydrogen (secondary N) is 1. The Morgan fingerprint density at radius 3 is 2.70 bits per heavy atom. The minimum atomic E-state index is -0.523. The number of carbonyl (C=O) groups is 2. The van der Waals surface area contributed by atoms with Crippen LogP contribution in [0.25, 0.3) is 10.8 Å². The molecular weight excluding hydrogens is 346 g/mol. The third-order valence-electron chi connectivity index (χ3n) is 4.27. The predicted molar refractivity (Wildman–Crippen MR) is 98.6 cm³/mol. The number of carbonyl (C=O) groups excluding carboxylic acids is 2. The van der Waals surface area contributed by atoms with Gasteiger partial charge >= 0.3 is 5.97 Å². The fourth-order valence-electron chi connectivity index (χ4n) is 2.91. The first-order chi connectivity index (χ1) is 13.2. The van der Waals surface area contributed by atoms with Crippen molar-refractivity contribution in [3.05, 3.63) is 71.8 Å². The van der Waals surface area contributed by atoms with Crippen molar-refractivity contribution >= 4 is 22.6 Å². The van der Waals surface area contributed by atoms with Crippen molar-refractivity contribution in [2.75, 3.05) is 13.4 Å². The van der Waals surface area contributed by atoms with E-state index in [9.17, 15) is 9.59 Å². The molecule has 0 aliphatic carbocycles. The van der Waals surface area contributed by atoms with Gasteiger partial charge in [-0.25, -0.2) is 4.79 Å². The number of fused-ring (bicyclic) bond motifs is 2. The van der Waals surface area contributed by atoms with Gasteiger partial charge in [0.1, 0.15) is 0 Å². The summed E-state index contributed by atoms with van der Waals surface area (Å²) in [6.07, 6.45) is 0. The van der Waals surface area contributed by atoms with Crippen molar-refractivity contribution in [2.24, 2.45) is 0 Å². The quantitative estimate of drug-likeness (QED) is 0.706. The van der Waals surface area contributed by atoms with Crippen LogP contribution < -0.4 is 14.8 Å². The maximum Gasteiger partial charge on any atom is 0.339 e. The molecule has 0 saturated heterocycles. The molecule has 6 nitrogen and oxygen atoms in total. The number of rotatable bonds is 5. The first kappa shape index (κ1) is 16.9. The third-order valence-corrected chi connectivity index (χ3v) is 4.27. The lowest BCUT2D eigenvalue weighted by Gasteiger charge is -2.09. The van der Waals surface area contributed by atoms with Crippen molar-refractivity contribution in [1.82, 2.24) is 5.32 Å².